The predicted octanol–water partition coefficient (Wildman–Crippen LogP) is 2.56. The Morgan fingerprint density at radius 3 is 2.74 bits per heavy atom. The molecule has 0 unspecified atom stereocenters. The summed E-state index contributed by atoms with van der Waals surface area (Å²) < 4.78 is 2.20. The second-order valence-corrected chi connectivity index (χ2v) is 8.10. The number of aryl methyl sites for hydroxylation is 1. The van der Waals surface area contributed by atoms with Gasteiger partial charge in [-0.15, -0.1) is 0 Å². The van der Waals surface area contributed by atoms with Gasteiger partial charge in [-0.1, -0.05) is 24.3 Å². The summed E-state index contributed by atoms with van der Waals surface area (Å²) in [5.41, 5.74) is 5.17. The summed E-state index contributed by atoms with van der Waals surface area (Å²) in [5, 5.41) is 10.0. The fourth-order valence-corrected chi connectivity index (χ4v) is 4.63. The Kier molecular flexibility index (Phi) is 4.50. The first-order chi connectivity index (χ1) is 14.9. The van der Waals surface area contributed by atoms with Crippen LogP contribution in [-0.4, -0.2) is 55.0 Å². The van der Waals surface area contributed by atoms with Gasteiger partial charge < -0.3 is 14.6 Å². The molecular weight excluding hydrogens is 396 g/mol. The molecule has 8 heteroatoms. The van der Waals surface area contributed by atoms with Crippen LogP contribution in [0.4, 0.5) is 4.79 Å². The fourth-order valence-electron chi connectivity index (χ4n) is 4.63. The van der Waals surface area contributed by atoms with Gasteiger partial charge in [0.2, 0.25) is 0 Å². The molecule has 2 aliphatic heterocycles. The van der Waals surface area contributed by atoms with Gasteiger partial charge in [-0.3, -0.25) is 19.5 Å². The van der Waals surface area contributed by atoms with E-state index in [4.69, 9.17) is 5.11 Å². The molecule has 2 aliphatic rings. The van der Waals surface area contributed by atoms with Crippen molar-refractivity contribution in [2.75, 3.05) is 6.54 Å². The van der Waals surface area contributed by atoms with Crippen molar-refractivity contribution in [1.82, 2.24) is 19.4 Å². The molecule has 1 atom stereocenters. The van der Waals surface area contributed by atoms with Crippen molar-refractivity contribution < 1.29 is 19.5 Å². The highest BCUT2D eigenvalue weighted by atomic mass is 16.4. The van der Waals surface area contributed by atoms with E-state index in [0.717, 1.165) is 38.3 Å². The van der Waals surface area contributed by atoms with Crippen LogP contribution in [0.5, 0.6) is 0 Å². The van der Waals surface area contributed by atoms with E-state index < -0.39 is 18.0 Å². The highest BCUT2D eigenvalue weighted by Crippen LogP contribution is 2.36. The number of benzene rings is 1. The molecule has 8 nitrogen and oxygen atoms in total. The summed E-state index contributed by atoms with van der Waals surface area (Å²) in [4.78, 5) is 43.8. The van der Waals surface area contributed by atoms with Gasteiger partial charge in [0.1, 0.15) is 6.04 Å². The number of aromatic nitrogens is 2. The zero-order chi connectivity index (χ0) is 21.7. The van der Waals surface area contributed by atoms with E-state index in [1.807, 2.05) is 37.4 Å². The van der Waals surface area contributed by atoms with E-state index >= 15 is 0 Å². The van der Waals surface area contributed by atoms with Crippen molar-refractivity contribution in [3.05, 3.63) is 65.1 Å². The number of pyridine rings is 1. The van der Waals surface area contributed by atoms with Crippen LogP contribution in [0.1, 0.15) is 28.9 Å². The number of nitrogens with zero attached hydrogens (tertiary/aromatic N) is 4. The Labute approximate surface area is 178 Å². The smallest absolute Gasteiger partial charge is 0.327 e. The molecule has 3 amide bonds. The molecule has 1 N–H and O–H groups in total. The number of carbonyl (C=O) groups excluding carboxylic acids is 2. The van der Waals surface area contributed by atoms with Crippen LogP contribution in [0.25, 0.3) is 10.9 Å². The van der Waals surface area contributed by atoms with E-state index in [-0.39, 0.29) is 18.9 Å². The van der Waals surface area contributed by atoms with Crippen LogP contribution in [0.3, 0.4) is 0 Å². The second kappa shape index (κ2) is 7.23. The number of carboxylic acid groups (broad SMARTS) is 1. The highest BCUT2D eigenvalue weighted by molar-refractivity contribution is 6.05. The maximum absolute atomic E-state index is 12.9. The largest absolute Gasteiger partial charge is 0.481 e. The van der Waals surface area contributed by atoms with Crippen molar-refractivity contribution in [1.29, 1.82) is 0 Å². The van der Waals surface area contributed by atoms with Gasteiger partial charge in [-0.25, -0.2) is 4.79 Å². The number of aliphatic carboxylic acids is 1. The zero-order valence-electron chi connectivity index (χ0n) is 17.1. The Morgan fingerprint density at radius 1 is 1.19 bits per heavy atom. The van der Waals surface area contributed by atoms with E-state index in [0.29, 0.717) is 19.5 Å². The van der Waals surface area contributed by atoms with Crippen molar-refractivity contribution in [3.63, 3.8) is 0 Å². The maximum atomic E-state index is 12.9. The molecule has 2 aromatic heterocycles. The van der Waals surface area contributed by atoms with Crippen LogP contribution in [0.2, 0.25) is 0 Å². The Bertz CT molecular complexity index is 1210. The zero-order valence-corrected chi connectivity index (χ0v) is 17.1. The summed E-state index contributed by atoms with van der Waals surface area (Å²) in [5.74, 6) is -1.34. The third-order valence-electron chi connectivity index (χ3n) is 6.18. The van der Waals surface area contributed by atoms with E-state index in [9.17, 15) is 14.4 Å². The van der Waals surface area contributed by atoms with Gasteiger partial charge in [0.05, 0.1) is 13.0 Å². The Morgan fingerprint density at radius 2 is 2.00 bits per heavy atom. The quantitative estimate of drug-likeness (QED) is 0.643. The lowest BCUT2D eigenvalue weighted by molar-refractivity contribution is -0.137. The summed E-state index contributed by atoms with van der Waals surface area (Å²) in [7, 11) is 0. The molecule has 0 bridgehead atoms. The van der Waals surface area contributed by atoms with Crippen molar-refractivity contribution >= 4 is 28.8 Å². The number of amides is 3. The van der Waals surface area contributed by atoms with E-state index in [2.05, 4.69) is 21.7 Å². The summed E-state index contributed by atoms with van der Waals surface area (Å²) in [6.45, 7) is 2.79. The number of carboxylic acids is 1. The van der Waals surface area contributed by atoms with E-state index in [1.54, 1.807) is 4.90 Å². The average molecular weight is 418 g/mol. The minimum Gasteiger partial charge on any atom is -0.481 e. The van der Waals surface area contributed by atoms with Crippen LogP contribution in [0.15, 0.2) is 42.6 Å². The second-order valence-electron chi connectivity index (χ2n) is 8.10. The lowest BCUT2D eigenvalue weighted by Crippen LogP contribution is -2.40. The number of imide groups is 1. The summed E-state index contributed by atoms with van der Waals surface area (Å²) in [6, 6.07) is 11.1. The Hall–Kier alpha value is -3.68. The fraction of sp³-hybridized carbons (Fsp3) is 0.304. The molecular formula is C23H22N4O4. The molecule has 0 aliphatic carbocycles. The molecule has 1 saturated heterocycles. The number of urea groups is 1. The monoisotopic (exact) mass is 418 g/mol. The van der Waals surface area contributed by atoms with Gasteiger partial charge in [0, 0.05) is 48.0 Å². The number of carbonyl (C=O) groups is 3. The highest BCUT2D eigenvalue weighted by Gasteiger charge is 2.48. The molecule has 5 rings (SSSR count). The molecule has 0 radical (unpaired) electrons. The lowest BCUT2D eigenvalue weighted by Gasteiger charge is -2.28. The molecule has 158 valence electrons. The predicted molar refractivity (Wildman–Crippen MR) is 112 cm³/mol. The molecule has 4 heterocycles. The van der Waals surface area contributed by atoms with Gasteiger partial charge in [-0.05, 0) is 30.2 Å². The topological polar surface area (TPSA) is 95.7 Å². The lowest BCUT2D eigenvalue weighted by atomic mass is 9.97. The third-order valence-corrected chi connectivity index (χ3v) is 6.18. The number of hydrogen-bond donors (Lipinski definition) is 1. The standard InChI is InChI=1S/C23H22N4O4/c1-14-6-7-15(11-24-14)12-26-18-5-3-2-4-16(18)17-10-19-22(30)25(9-8-21(28)29)23(31)27(19)13-20(17)26/h2-7,11,19H,8-10,12-13H2,1H3,(H,28,29)/t19-/m0/s1. The van der Waals surface area contributed by atoms with Crippen LogP contribution in [0, 0.1) is 6.92 Å². The maximum Gasteiger partial charge on any atom is 0.327 e. The van der Waals surface area contributed by atoms with Gasteiger partial charge >= 0.3 is 12.0 Å². The SMILES string of the molecule is Cc1ccc(Cn2c3c(c4ccccc42)C[C@H]2C(=O)N(CCC(=O)O)C(=O)N2C3)cn1. The molecule has 0 saturated carbocycles. The van der Waals surface area contributed by atoms with Crippen molar-refractivity contribution in [2.45, 2.75) is 38.9 Å². The third kappa shape index (κ3) is 3.15. The molecule has 3 aromatic rings. The van der Waals surface area contributed by atoms with Gasteiger partial charge in [-0.2, -0.15) is 0 Å². The van der Waals surface area contributed by atoms with Gasteiger partial charge in [0.25, 0.3) is 5.91 Å². The summed E-state index contributed by atoms with van der Waals surface area (Å²) in [6.07, 6.45) is 2.05. The molecule has 0 spiro atoms. The molecule has 1 fully saturated rings. The molecule has 1 aromatic carbocycles. The first-order valence-electron chi connectivity index (χ1n) is 10.3. The minimum atomic E-state index is -1.03. The average Bonchev–Trinajstić information content (AvgIpc) is 3.19. The normalized spacial score (nSPS) is 17.9. The Balaban J connectivity index is 1.53. The van der Waals surface area contributed by atoms with E-state index in [1.165, 1.54) is 0 Å². The van der Waals surface area contributed by atoms with Crippen LogP contribution < -0.4 is 0 Å². The number of rotatable bonds is 5. The number of fused-ring (bicyclic) bond motifs is 4. The van der Waals surface area contributed by atoms with Crippen molar-refractivity contribution in [3.8, 4) is 0 Å². The number of hydrogen-bond acceptors (Lipinski definition) is 4. The minimum absolute atomic E-state index is 0.0972. The first kappa shape index (κ1) is 19.3. The van der Waals surface area contributed by atoms with Gasteiger partial charge in [0.15, 0.2) is 0 Å². The van der Waals surface area contributed by atoms with Crippen LogP contribution >= 0.6 is 0 Å². The number of para-hydroxylation sites is 1. The van der Waals surface area contributed by atoms with Crippen molar-refractivity contribution in [2.24, 2.45) is 0 Å². The first-order valence-corrected chi connectivity index (χ1v) is 10.3. The molecule has 31 heavy (non-hydrogen) atoms. The van der Waals surface area contributed by atoms with Crippen LogP contribution in [-0.2, 0) is 29.1 Å². The summed E-state index contributed by atoms with van der Waals surface area (Å²) >= 11 is 0.